The number of benzene rings is 2. The molecule has 0 fully saturated rings. The van der Waals surface area contributed by atoms with Crippen LogP contribution in [-0.2, 0) is 11.2 Å². The third-order valence-corrected chi connectivity index (χ3v) is 6.28. The number of hydrogen-bond donors (Lipinski definition) is 2. The second-order valence-corrected chi connectivity index (χ2v) is 9.11. The number of nitrogens with one attached hydrogen (secondary N) is 1. The molecule has 4 rings (SSSR count). The second kappa shape index (κ2) is 12.2. The Morgan fingerprint density at radius 2 is 2.11 bits per heavy atom. The summed E-state index contributed by atoms with van der Waals surface area (Å²) in [6.45, 7) is 4.13. The zero-order valence-electron chi connectivity index (χ0n) is 20.7. The standard InChI is InChI=1S/C30H28ClN3O3/c1-3-20(2)27-16-21(6-8-24(35)18-25-5-4-14-37-25)15-22(30(27)36)19-32-12-13-34-28-10-11-33-29-17-23(31)7-9-26(28)29/h4-17,19-20,36H,3,18H2,1-2H3,(H,33,34)/b8-6+,13-12+,32-19?. The van der Waals surface area contributed by atoms with Crippen LogP contribution in [0, 0.1) is 0 Å². The molecule has 0 bridgehead atoms. The number of pyridine rings is 1. The van der Waals surface area contributed by atoms with Crippen LogP contribution >= 0.6 is 11.6 Å². The van der Waals surface area contributed by atoms with E-state index in [0.717, 1.165) is 34.1 Å². The van der Waals surface area contributed by atoms with Gasteiger partial charge in [0, 0.05) is 46.5 Å². The minimum atomic E-state index is -0.0664. The summed E-state index contributed by atoms with van der Waals surface area (Å²) in [5.41, 5.74) is 3.87. The molecule has 188 valence electrons. The summed E-state index contributed by atoms with van der Waals surface area (Å²) in [5, 5.41) is 15.7. The molecule has 0 saturated carbocycles. The molecule has 1 atom stereocenters. The van der Waals surface area contributed by atoms with Gasteiger partial charge in [-0.15, -0.1) is 0 Å². The fraction of sp³-hybridized carbons (Fsp3) is 0.167. The van der Waals surface area contributed by atoms with Crippen molar-refractivity contribution in [1.82, 2.24) is 4.98 Å². The SMILES string of the molecule is CCC(C)c1cc(/C=C/C(=O)Cc2ccco2)cc(C=N/C=C/Nc2ccnc3cc(Cl)ccc23)c1O. The van der Waals surface area contributed by atoms with Crippen molar-refractivity contribution in [2.75, 3.05) is 5.32 Å². The van der Waals surface area contributed by atoms with Gasteiger partial charge < -0.3 is 14.8 Å². The molecule has 0 aliphatic carbocycles. The summed E-state index contributed by atoms with van der Waals surface area (Å²) in [4.78, 5) is 21.0. The van der Waals surface area contributed by atoms with Crippen molar-refractivity contribution < 1.29 is 14.3 Å². The molecule has 4 aromatic rings. The van der Waals surface area contributed by atoms with E-state index in [9.17, 15) is 9.90 Å². The number of nitrogens with zero attached hydrogens (tertiary/aromatic N) is 2. The molecule has 7 heteroatoms. The maximum absolute atomic E-state index is 12.3. The maximum Gasteiger partial charge on any atom is 0.163 e. The first-order valence-corrected chi connectivity index (χ1v) is 12.4. The Labute approximate surface area is 221 Å². The van der Waals surface area contributed by atoms with Crippen LogP contribution in [0.5, 0.6) is 5.75 Å². The normalized spacial score (nSPS) is 12.7. The number of aliphatic imine (C=N–C) groups is 1. The van der Waals surface area contributed by atoms with Gasteiger partial charge in [-0.3, -0.25) is 14.8 Å². The summed E-state index contributed by atoms with van der Waals surface area (Å²) in [6, 6.07) is 14.7. The summed E-state index contributed by atoms with van der Waals surface area (Å²) in [5.74, 6) is 0.890. The first-order valence-electron chi connectivity index (χ1n) is 12.0. The number of hydrogen-bond acceptors (Lipinski definition) is 6. The van der Waals surface area contributed by atoms with Crippen molar-refractivity contribution in [3.05, 3.63) is 107 Å². The van der Waals surface area contributed by atoms with E-state index < -0.39 is 0 Å². The minimum absolute atomic E-state index is 0.0664. The van der Waals surface area contributed by atoms with Crippen LogP contribution < -0.4 is 5.32 Å². The molecule has 0 amide bonds. The van der Waals surface area contributed by atoms with E-state index in [2.05, 4.69) is 29.1 Å². The number of ketones is 1. The molecular weight excluding hydrogens is 486 g/mol. The number of fused-ring (bicyclic) bond motifs is 1. The minimum Gasteiger partial charge on any atom is -0.507 e. The van der Waals surface area contributed by atoms with Crippen LogP contribution in [0.25, 0.3) is 17.0 Å². The number of carbonyl (C=O) groups excluding carboxylic acids is 1. The van der Waals surface area contributed by atoms with Crippen LogP contribution in [0.1, 0.15) is 48.6 Å². The lowest BCUT2D eigenvalue weighted by atomic mass is 9.93. The Bertz CT molecular complexity index is 1470. The molecule has 1 unspecified atom stereocenters. The number of carbonyl (C=O) groups is 1. The highest BCUT2D eigenvalue weighted by molar-refractivity contribution is 6.31. The smallest absolute Gasteiger partial charge is 0.163 e. The third kappa shape index (κ3) is 6.74. The van der Waals surface area contributed by atoms with E-state index in [4.69, 9.17) is 16.0 Å². The average Bonchev–Trinajstić information content (AvgIpc) is 3.40. The van der Waals surface area contributed by atoms with Crippen molar-refractivity contribution in [2.24, 2.45) is 4.99 Å². The number of rotatable bonds is 10. The van der Waals surface area contributed by atoms with Gasteiger partial charge in [-0.25, -0.2) is 0 Å². The van der Waals surface area contributed by atoms with Gasteiger partial charge in [0.25, 0.3) is 0 Å². The number of phenolic OH excluding ortho intramolecular Hbond substituents is 1. The van der Waals surface area contributed by atoms with Gasteiger partial charge in [0.2, 0.25) is 0 Å². The highest BCUT2D eigenvalue weighted by atomic mass is 35.5. The number of aromatic nitrogens is 1. The predicted molar refractivity (Wildman–Crippen MR) is 150 cm³/mol. The molecule has 0 radical (unpaired) electrons. The summed E-state index contributed by atoms with van der Waals surface area (Å²) in [6.07, 6.45) is 12.5. The topological polar surface area (TPSA) is 87.7 Å². The number of halogens is 1. The zero-order chi connectivity index (χ0) is 26.2. The maximum atomic E-state index is 12.3. The molecule has 2 heterocycles. The Hall–Kier alpha value is -4.16. The molecule has 37 heavy (non-hydrogen) atoms. The molecule has 6 nitrogen and oxygen atoms in total. The molecule has 0 saturated heterocycles. The first-order chi connectivity index (χ1) is 17.9. The van der Waals surface area contributed by atoms with Crippen LogP contribution in [0.4, 0.5) is 5.69 Å². The van der Waals surface area contributed by atoms with Gasteiger partial charge in [0.15, 0.2) is 5.78 Å². The van der Waals surface area contributed by atoms with E-state index in [-0.39, 0.29) is 23.9 Å². The number of allylic oxidation sites excluding steroid dienone is 1. The van der Waals surface area contributed by atoms with Crippen molar-refractivity contribution in [3.63, 3.8) is 0 Å². The van der Waals surface area contributed by atoms with Gasteiger partial charge in [-0.2, -0.15) is 0 Å². The molecule has 2 aromatic carbocycles. The quantitative estimate of drug-likeness (QED) is 0.169. The number of furan rings is 1. The highest BCUT2D eigenvalue weighted by Crippen LogP contribution is 2.32. The van der Waals surface area contributed by atoms with E-state index in [1.807, 2.05) is 36.4 Å². The Morgan fingerprint density at radius 3 is 2.89 bits per heavy atom. The first kappa shape index (κ1) is 25.9. The second-order valence-electron chi connectivity index (χ2n) is 8.67. The van der Waals surface area contributed by atoms with Gasteiger partial charge >= 0.3 is 0 Å². The molecule has 0 spiro atoms. The molecule has 2 N–H and O–H groups in total. The molecular formula is C30H28ClN3O3. The van der Waals surface area contributed by atoms with Gasteiger partial charge in [0.1, 0.15) is 11.5 Å². The molecule has 0 aliphatic heterocycles. The van der Waals surface area contributed by atoms with Crippen LogP contribution in [-0.4, -0.2) is 22.1 Å². The Morgan fingerprint density at radius 1 is 1.24 bits per heavy atom. The lowest BCUT2D eigenvalue weighted by molar-refractivity contribution is -0.114. The van der Waals surface area contributed by atoms with Gasteiger partial charge in [0.05, 0.1) is 18.2 Å². The van der Waals surface area contributed by atoms with Gasteiger partial charge in [-0.05, 0) is 78.1 Å². The third-order valence-electron chi connectivity index (χ3n) is 6.04. The van der Waals surface area contributed by atoms with Crippen LogP contribution in [0.3, 0.4) is 0 Å². The van der Waals surface area contributed by atoms with Crippen molar-refractivity contribution >= 4 is 46.3 Å². The molecule has 0 aliphatic rings. The van der Waals surface area contributed by atoms with Crippen molar-refractivity contribution in [3.8, 4) is 5.75 Å². The zero-order valence-corrected chi connectivity index (χ0v) is 21.4. The summed E-state index contributed by atoms with van der Waals surface area (Å²) < 4.78 is 5.25. The fourth-order valence-corrected chi connectivity index (χ4v) is 4.03. The van der Waals surface area contributed by atoms with Crippen LogP contribution in [0.2, 0.25) is 5.02 Å². The van der Waals surface area contributed by atoms with E-state index in [1.54, 1.807) is 49.3 Å². The lowest BCUT2D eigenvalue weighted by Gasteiger charge is -2.14. The summed E-state index contributed by atoms with van der Waals surface area (Å²) >= 11 is 6.06. The number of anilines is 1. The van der Waals surface area contributed by atoms with Gasteiger partial charge in [-0.1, -0.05) is 31.5 Å². The summed E-state index contributed by atoms with van der Waals surface area (Å²) in [7, 11) is 0. The highest BCUT2D eigenvalue weighted by Gasteiger charge is 2.13. The lowest BCUT2D eigenvalue weighted by Crippen LogP contribution is -1.98. The number of phenols is 1. The van der Waals surface area contributed by atoms with Crippen LogP contribution in [0.15, 0.2) is 88.9 Å². The fourth-order valence-electron chi connectivity index (χ4n) is 3.87. The van der Waals surface area contributed by atoms with E-state index in [1.165, 1.54) is 6.08 Å². The number of aromatic hydroxyl groups is 1. The Kier molecular flexibility index (Phi) is 8.54. The van der Waals surface area contributed by atoms with Crippen molar-refractivity contribution in [2.45, 2.75) is 32.6 Å². The monoisotopic (exact) mass is 513 g/mol. The predicted octanol–water partition coefficient (Wildman–Crippen LogP) is 7.53. The molecule has 2 aromatic heterocycles. The van der Waals surface area contributed by atoms with E-state index >= 15 is 0 Å². The largest absolute Gasteiger partial charge is 0.507 e. The van der Waals surface area contributed by atoms with E-state index in [0.29, 0.717) is 16.3 Å². The van der Waals surface area contributed by atoms with Crippen molar-refractivity contribution in [1.29, 1.82) is 0 Å². The average molecular weight is 514 g/mol. The Balaban J connectivity index is 1.51.